The van der Waals surface area contributed by atoms with Crippen molar-refractivity contribution >= 4 is 11.6 Å². The maximum absolute atomic E-state index is 8.85. The van der Waals surface area contributed by atoms with Gasteiger partial charge in [0.05, 0.1) is 6.07 Å². The summed E-state index contributed by atoms with van der Waals surface area (Å²) in [6.45, 7) is 3.07. The summed E-state index contributed by atoms with van der Waals surface area (Å²) >= 11 is 6.15. The molecule has 0 heterocycles. The Morgan fingerprint density at radius 2 is 2.05 bits per heavy atom. The quantitative estimate of drug-likeness (QED) is 0.890. The molecule has 0 saturated heterocycles. The van der Waals surface area contributed by atoms with Crippen molar-refractivity contribution < 1.29 is 0 Å². The van der Waals surface area contributed by atoms with E-state index in [0.29, 0.717) is 12.5 Å². The Hall–Kier alpha value is -1.04. The van der Waals surface area contributed by atoms with Crippen molar-refractivity contribution in [3.63, 3.8) is 0 Å². The molecule has 1 aliphatic rings. The molecule has 0 amide bonds. The van der Waals surface area contributed by atoms with E-state index in [0.717, 1.165) is 42.8 Å². The normalized spacial score (nSPS) is 26.9. The largest absolute Gasteiger partial charge is 0.310 e. The predicted octanol–water partition coefficient (Wildman–Crippen LogP) is 4.29. The van der Waals surface area contributed by atoms with E-state index in [9.17, 15) is 0 Å². The van der Waals surface area contributed by atoms with Gasteiger partial charge in [0.15, 0.2) is 0 Å². The first kappa shape index (κ1) is 14.4. The summed E-state index contributed by atoms with van der Waals surface area (Å²) in [5.74, 6) is 0. The van der Waals surface area contributed by atoms with Crippen LogP contribution in [0.4, 0.5) is 0 Å². The summed E-state index contributed by atoms with van der Waals surface area (Å²) in [6, 6.07) is 10.9. The maximum atomic E-state index is 8.85. The van der Waals surface area contributed by atoms with Crippen LogP contribution in [0.5, 0.6) is 0 Å². The van der Waals surface area contributed by atoms with Crippen molar-refractivity contribution in [2.24, 2.45) is 5.41 Å². The number of nitrogens with one attached hydrogen (secondary N) is 1. The van der Waals surface area contributed by atoms with Gasteiger partial charge in [-0.05, 0) is 42.7 Å². The number of hydrogen-bond donors (Lipinski definition) is 1. The van der Waals surface area contributed by atoms with Crippen LogP contribution in [0.15, 0.2) is 24.3 Å². The van der Waals surface area contributed by atoms with Crippen molar-refractivity contribution in [3.05, 3.63) is 34.9 Å². The Bertz CT molecular complexity index is 456. The van der Waals surface area contributed by atoms with Gasteiger partial charge in [0, 0.05) is 24.0 Å². The molecule has 2 rings (SSSR count). The minimum Gasteiger partial charge on any atom is -0.310 e. The highest BCUT2D eigenvalue weighted by atomic mass is 35.5. The SMILES string of the molecule is C[C@]1(CC#N)CC[C@@H](NCc2ccccc2Cl)CC1. The molecule has 102 valence electrons. The molecular weight excluding hydrogens is 256 g/mol. The lowest BCUT2D eigenvalue weighted by molar-refractivity contribution is 0.188. The van der Waals surface area contributed by atoms with Crippen LogP contribution in [-0.2, 0) is 6.54 Å². The van der Waals surface area contributed by atoms with E-state index in [2.05, 4.69) is 24.4 Å². The zero-order chi connectivity index (χ0) is 13.7. The molecule has 2 nitrogen and oxygen atoms in total. The number of nitriles is 1. The molecule has 0 aliphatic heterocycles. The van der Waals surface area contributed by atoms with Gasteiger partial charge in [-0.2, -0.15) is 5.26 Å². The Morgan fingerprint density at radius 3 is 2.68 bits per heavy atom. The number of benzene rings is 1. The molecule has 1 aromatic rings. The molecule has 1 fully saturated rings. The standard InChI is InChI=1S/C16H21ClN2/c1-16(10-11-18)8-6-14(7-9-16)19-12-13-4-2-3-5-15(13)17/h2-5,14,19H,6-10,12H2,1H3/t14-,16+. The molecule has 0 radical (unpaired) electrons. The average Bonchev–Trinajstić information content (AvgIpc) is 2.40. The summed E-state index contributed by atoms with van der Waals surface area (Å²) in [6.07, 6.45) is 5.27. The minimum absolute atomic E-state index is 0.233. The molecule has 1 aliphatic carbocycles. The maximum Gasteiger partial charge on any atom is 0.0627 e. The van der Waals surface area contributed by atoms with Crippen LogP contribution in [0, 0.1) is 16.7 Å². The summed E-state index contributed by atoms with van der Waals surface area (Å²) in [5.41, 5.74) is 1.40. The van der Waals surface area contributed by atoms with Gasteiger partial charge in [0.2, 0.25) is 0 Å². The number of nitrogens with zero attached hydrogens (tertiary/aromatic N) is 1. The highest BCUT2D eigenvalue weighted by molar-refractivity contribution is 6.31. The molecule has 0 aromatic heterocycles. The van der Waals surface area contributed by atoms with Crippen LogP contribution in [0.1, 0.15) is 44.6 Å². The highest BCUT2D eigenvalue weighted by Crippen LogP contribution is 2.38. The van der Waals surface area contributed by atoms with Gasteiger partial charge < -0.3 is 5.32 Å². The Balaban J connectivity index is 1.81. The van der Waals surface area contributed by atoms with E-state index in [1.807, 2.05) is 18.2 Å². The number of rotatable bonds is 4. The lowest BCUT2D eigenvalue weighted by Gasteiger charge is -2.36. The first-order valence-electron chi connectivity index (χ1n) is 6.97. The Kier molecular flexibility index (Phi) is 4.85. The lowest BCUT2D eigenvalue weighted by Crippen LogP contribution is -2.36. The first-order valence-corrected chi connectivity index (χ1v) is 7.34. The van der Waals surface area contributed by atoms with Crippen molar-refractivity contribution in [2.45, 2.75) is 51.6 Å². The molecule has 0 unspecified atom stereocenters. The van der Waals surface area contributed by atoms with Crippen LogP contribution in [0.2, 0.25) is 5.02 Å². The van der Waals surface area contributed by atoms with E-state index < -0.39 is 0 Å². The molecular formula is C16H21ClN2. The fourth-order valence-corrected chi connectivity index (χ4v) is 2.99. The Labute approximate surface area is 120 Å². The molecule has 0 spiro atoms. The van der Waals surface area contributed by atoms with Gasteiger partial charge >= 0.3 is 0 Å². The monoisotopic (exact) mass is 276 g/mol. The molecule has 1 saturated carbocycles. The van der Waals surface area contributed by atoms with Crippen molar-refractivity contribution in [1.29, 1.82) is 5.26 Å². The Morgan fingerprint density at radius 1 is 1.37 bits per heavy atom. The zero-order valence-corrected chi connectivity index (χ0v) is 12.2. The van der Waals surface area contributed by atoms with Crippen LogP contribution < -0.4 is 5.32 Å². The second kappa shape index (κ2) is 6.41. The fraction of sp³-hybridized carbons (Fsp3) is 0.562. The van der Waals surface area contributed by atoms with Crippen molar-refractivity contribution in [3.8, 4) is 6.07 Å². The van der Waals surface area contributed by atoms with E-state index in [-0.39, 0.29) is 5.41 Å². The second-order valence-electron chi connectivity index (χ2n) is 5.89. The molecule has 3 heteroatoms. The lowest BCUT2D eigenvalue weighted by atomic mass is 9.72. The van der Waals surface area contributed by atoms with E-state index in [4.69, 9.17) is 16.9 Å². The van der Waals surface area contributed by atoms with Crippen LogP contribution in [-0.4, -0.2) is 6.04 Å². The van der Waals surface area contributed by atoms with Gasteiger partial charge in [-0.3, -0.25) is 0 Å². The van der Waals surface area contributed by atoms with E-state index in [1.54, 1.807) is 0 Å². The molecule has 1 N–H and O–H groups in total. The number of halogens is 1. The first-order chi connectivity index (χ1) is 9.13. The summed E-state index contributed by atoms with van der Waals surface area (Å²) < 4.78 is 0. The van der Waals surface area contributed by atoms with E-state index in [1.165, 1.54) is 0 Å². The van der Waals surface area contributed by atoms with Gasteiger partial charge in [0.25, 0.3) is 0 Å². The number of hydrogen-bond acceptors (Lipinski definition) is 2. The summed E-state index contributed by atoms with van der Waals surface area (Å²) in [4.78, 5) is 0. The minimum atomic E-state index is 0.233. The molecule has 1 aromatic carbocycles. The van der Waals surface area contributed by atoms with Crippen molar-refractivity contribution in [1.82, 2.24) is 5.32 Å². The molecule has 19 heavy (non-hydrogen) atoms. The molecule has 0 bridgehead atoms. The van der Waals surface area contributed by atoms with Gasteiger partial charge in [-0.1, -0.05) is 36.7 Å². The zero-order valence-electron chi connectivity index (χ0n) is 11.5. The third kappa shape index (κ3) is 3.96. The van der Waals surface area contributed by atoms with Crippen LogP contribution >= 0.6 is 11.6 Å². The molecule has 0 atom stereocenters. The van der Waals surface area contributed by atoms with E-state index >= 15 is 0 Å². The van der Waals surface area contributed by atoms with Crippen LogP contribution in [0.25, 0.3) is 0 Å². The smallest absolute Gasteiger partial charge is 0.0627 e. The van der Waals surface area contributed by atoms with Gasteiger partial charge in [-0.15, -0.1) is 0 Å². The topological polar surface area (TPSA) is 35.8 Å². The second-order valence-corrected chi connectivity index (χ2v) is 6.30. The van der Waals surface area contributed by atoms with Crippen LogP contribution in [0.3, 0.4) is 0 Å². The fourth-order valence-electron chi connectivity index (χ4n) is 2.78. The highest BCUT2D eigenvalue weighted by Gasteiger charge is 2.30. The average molecular weight is 277 g/mol. The van der Waals surface area contributed by atoms with Crippen molar-refractivity contribution in [2.75, 3.05) is 0 Å². The third-order valence-corrected chi connectivity index (χ3v) is 4.61. The van der Waals surface area contributed by atoms with Gasteiger partial charge in [0.1, 0.15) is 0 Å². The summed E-state index contributed by atoms with van der Waals surface area (Å²) in [7, 11) is 0. The third-order valence-electron chi connectivity index (χ3n) is 4.24. The summed E-state index contributed by atoms with van der Waals surface area (Å²) in [5, 5.41) is 13.3. The predicted molar refractivity (Wildman–Crippen MR) is 78.9 cm³/mol. The van der Waals surface area contributed by atoms with Gasteiger partial charge in [-0.25, -0.2) is 0 Å².